The highest BCUT2D eigenvalue weighted by atomic mass is 16.2. The second-order valence-electron chi connectivity index (χ2n) is 4.13. The number of nitrogens with one attached hydrogen (secondary N) is 1. The van der Waals surface area contributed by atoms with Crippen LogP contribution >= 0.6 is 0 Å². The molecule has 0 unspecified atom stereocenters. The number of nitrogens with two attached hydrogens (primary N) is 1. The van der Waals surface area contributed by atoms with E-state index in [1.54, 1.807) is 0 Å². The van der Waals surface area contributed by atoms with Crippen LogP contribution in [0.3, 0.4) is 0 Å². The van der Waals surface area contributed by atoms with Crippen molar-refractivity contribution in [3.05, 3.63) is 0 Å². The third-order valence-electron chi connectivity index (χ3n) is 2.25. The summed E-state index contributed by atoms with van der Waals surface area (Å²) < 4.78 is 0. The fraction of sp³-hybridized carbons (Fsp3) is 0.900. The Labute approximate surface area is 85.9 Å². The summed E-state index contributed by atoms with van der Waals surface area (Å²) in [5, 5.41) is 11.4. The molecule has 0 bridgehead atoms. The van der Waals surface area contributed by atoms with E-state index in [1.165, 1.54) is 0 Å². The van der Waals surface area contributed by atoms with E-state index in [0.717, 1.165) is 19.3 Å². The van der Waals surface area contributed by atoms with Gasteiger partial charge in [-0.05, 0) is 33.1 Å². The average Bonchev–Trinajstić information content (AvgIpc) is 2.17. The van der Waals surface area contributed by atoms with Crippen LogP contribution in [0.2, 0.25) is 0 Å². The van der Waals surface area contributed by atoms with E-state index in [2.05, 4.69) is 5.32 Å². The summed E-state index contributed by atoms with van der Waals surface area (Å²) in [5.41, 5.74) is 4.99. The summed E-state index contributed by atoms with van der Waals surface area (Å²) in [4.78, 5) is 11.5. The summed E-state index contributed by atoms with van der Waals surface area (Å²) in [7, 11) is 0. The number of aliphatic hydroxyl groups is 1. The van der Waals surface area contributed by atoms with Crippen LogP contribution in [-0.4, -0.2) is 30.7 Å². The molecule has 4 heteroatoms. The third-order valence-corrected chi connectivity index (χ3v) is 2.25. The zero-order valence-electron chi connectivity index (χ0n) is 9.18. The van der Waals surface area contributed by atoms with Crippen molar-refractivity contribution in [3.63, 3.8) is 0 Å². The van der Waals surface area contributed by atoms with Crippen molar-refractivity contribution in [3.8, 4) is 0 Å². The molecule has 0 aromatic heterocycles. The lowest BCUT2D eigenvalue weighted by Gasteiger charge is -2.21. The Morgan fingerprint density at radius 2 is 2.00 bits per heavy atom. The van der Waals surface area contributed by atoms with E-state index in [4.69, 9.17) is 10.8 Å². The molecule has 0 aliphatic carbocycles. The highest BCUT2D eigenvalue weighted by Crippen LogP contribution is 2.11. The van der Waals surface area contributed by atoms with Crippen LogP contribution in [0, 0.1) is 5.41 Å². The highest BCUT2D eigenvalue weighted by molar-refractivity contribution is 5.81. The Bertz CT molecular complexity index is 170. The quantitative estimate of drug-likeness (QED) is 0.518. The van der Waals surface area contributed by atoms with Crippen LogP contribution < -0.4 is 11.1 Å². The smallest absolute Gasteiger partial charge is 0.226 e. The monoisotopic (exact) mass is 202 g/mol. The maximum atomic E-state index is 11.5. The first-order valence-electron chi connectivity index (χ1n) is 5.14. The minimum Gasteiger partial charge on any atom is -0.396 e. The van der Waals surface area contributed by atoms with Gasteiger partial charge in [-0.2, -0.15) is 0 Å². The van der Waals surface area contributed by atoms with Crippen molar-refractivity contribution in [1.29, 1.82) is 0 Å². The largest absolute Gasteiger partial charge is 0.396 e. The molecule has 0 saturated heterocycles. The van der Waals surface area contributed by atoms with Gasteiger partial charge in [0.2, 0.25) is 5.91 Å². The molecule has 0 saturated carbocycles. The minimum absolute atomic E-state index is 0.00370. The average molecular weight is 202 g/mol. The van der Waals surface area contributed by atoms with E-state index in [9.17, 15) is 4.79 Å². The summed E-state index contributed by atoms with van der Waals surface area (Å²) in [5.74, 6) is 0.00370. The predicted molar refractivity (Wildman–Crippen MR) is 56.8 cm³/mol. The number of hydrogen-bond donors (Lipinski definition) is 3. The minimum atomic E-state index is -0.475. The Morgan fingerprint density at radius 1 is 1.36 bits per heavy atom. The van der Waals surface area contributed by atoms with Crippen LogP contribution in [0.1, 0.15) is 33.1 Å². The van der Waals surface area contributed by atoms with Crippen molar-refractivity contribution in [2.24, 2.45) is 11.1 Å². The summed E-state index contributed by atoms with van der Waals surface area (Å²) in [6, 6.07) is 0. The van der Waals surface area contributed by atoms with Gasteiger partial charge in [0.25, 0.3) is 0 Å². The second kappa shape index (κ2) is 6.79. The molecule has 0 heterocycles. The molecule has 14 heavy (non-hydrogen) atoms. The van der Waals surface area contributed by atoms with Crippen molar-refractivity contribution in [2.45, 2.75) is 33.1 Å². The van der Waals surface area contributed by atoms with Gasteiger partial charge in [0, 0.05) is 19.7 Å². The first-order valence-corrected chi connectivity index (χ1v) is 5.14. The molecule has 0 spiro atoms. The maximum Gasteiger partial charge on any atom is 0.226 e. The summed E-state index contributed by atoms with van der Waals surface area (Å²) in [6.45, 7) is 4.91. The fourth-order valence-corrected chi connectivity index (χ4v) is 0.947. The predicted octanol–water partition coefficient (Wildman–Crippen LogP) is 0.250. The lowest BCUT2D eigenvalue weighted by Crippen LogP contribution is -2.42. The van der Waals surface area contributed by atoms with Crippen LogP contribution in [0.5, 0.6) is 0 Å². The number of amides is 1. The van der Waals surface area contributed by atoms with Crippen molar-refractivity contribution < 1.29 is 9.90 Å². The number of unbranched alkanes of at least 4 members (excludes halogenated alkanes) is 2. The van der Waals surface area contributed by atoms with Crippen molar-refractivity contribution in [2.75, 3.05) is 19.7 Å². The van der Waals surface area contributed by atoms with E-state index in [0.29, 0.717) is 13.1 Å². The zero-order valence-corrected chi connectivity index (χ0v) is 9.18. The van der Waals surface area contributed by atoms with Gasteiger partial charge in [-0.25, -0.2) is 0 Å². The van der Waals surface area contributed by atoms with E-state index in [-0.39, 0.29) is 12.5 Å². The van der Waals surface area contributed by atoms with Gasteiger partial charge in [-0.3, -0.25) is 4.79 Å². The lowest BCUT2D eigenvalue weighted by atomic mass is 9.93. The highest BCUT2D eigenvalue weighted by Gasteiger charge is 2.24. The third kappa shape index (κ3) is 5.19. The fourth-order valence-electron chi connectivity index (χ4n) is 0.947. The molecule has 0 radical (unpaired) electrons. The van der Waals surface area contributed by atoms with Crippen molar-refractivity contribution >= 4 is 5.91 Å². The molecule has 1 amide bonds. The van der Waals surface area contributed by atoms with Gasteiger partial charge in [0.15, 0.2) is 0 Å². The van der Waals surface area contributed by atoms with E-state index >= 15 is 0 Å². The van der Waals surface area contributed by atoms with Crippen LogP contribution in [0.25, 0.3) is 0 Å². The second-order valence-corrected chi connectivity index (χ2v) is 4.13. The van der Waals surface area contributed by atoms with Gasteiger partial charge in [0.1, 0.15) is 0 Å². The molecule has 0 fully saturated rings. The van der Waals surface area contributed by atoms with E-state index < -0.39 is 5.41 Å². The van der Waals surface area contributed by atoms with Gasteiger partial charge in [-0.1, -0.05) is 0 Å². The molecule has 0 aromatic rings. The van der Waals surface area contributed by atoms with Gasteiger partial charge < -0.3 is 16.2 Å². The standard InChI is InChI=1S/C10H22N2O2/c1-10(2,8-11)9(14)12-6-4-3-5-7-13/h13H,3-8,11H2,1-2H3,(H,12,14). The number of carbonyl (C=O) groups is 1. The summed E-state index contributed by atoms with van der Waals surface area (Å²) in [6.07, 6.45) is 2.66. The Morgan fingerprint density at radius 3 is 2.50 bits per heavy atom. The van der Waals surface area contributed by atoms with Gasteiger partial charge in [-0.15, -0.1) is 0 Å². The zero-order chi connectivity index (χ0) is 11.0. The van der Waals surface area contributed by atoms with Gasteiger partial charge in [0.05, 0.1) is 5.41 Å². The topological polar surface area (TPSA) is 75.4 Å². The summed E-state index contributed by atoms with van der Waals surface area (Å²) >= 11 is 0. The van der Waals surface area contributed by atoms with Gasteiger partial charge >= 0.3 is 0 Å². The number of aliphatic hydroxyl groups excluding tert-OH is 1. The molecule has 0 atom stereocenters. The molecule has 0 aromatic carbocycles. The molecular formula is C10H22N2O2. The first kappa shape index (κ1) is 13.4. The normalized spacial score (nSPS) is 11.4. The molecule has 0 aliphatic rings. The molecular weight excluding hydrogens is 180 g/mol. The molecule has 0 rings (SSSR count). The van der Waals surface area contributed by atoms with Crippen molar-refractivity contribution in [1.82, 2.24) is 5.32 Å². The number of hydrogen-bond acceptors (Lipinski definition) is 3. The Hall–Kier alpha value is -0.610. The lowest BCUT2D eigenvalue weighted by molar-refractivity contribution is -0.128. The molecule has 4 N–H and O–H groups in total. The van der Waals surface area contributed by atoms with Crippen LogP contribution in [0.15, 0.2) is 0 Å². The first-order chi connectivity index (χ1) is 6.54. The number of carbonyl (C=O) groups excluding carboxylic acids is 1. The Kier molecular flexibility index (Phi) is 6.49. The molecule has 0 aliphatic heterocycles. The van der Waals surface area contributed by atoms with Crippen LogP contribution in [0.4, 0.5) is 0 Å². The SMILES string of the molecule is CC(C)(CN)C(=O)NCCCCCO. The maximum absolute atomic E-state index is 11.5. The molecule has 4 nitrogen and oxygen atoms in total. The number of rotatable bonds is 7. The van der Waals surface area contributed by atoms with Crippen LogP contribution in [-0.2, 0) is 4.79 Å². The van der Waals surface area contributed by atoms with E-state index in [1.807, 2.05) is 13.8 Å². The molecule has 84 valence electrons. The Balaban J connectivity index is 3.54.